The maximum absolute atomic E-state index is 7.06. The Morgan fingerprint density at radius 3 is 2.36 bits per heavy atom. The second-order valence-electron chi connectivity index (χ2n) is 8.15. The van der Waals surface area contributed by atoms with Crippen molar-refractivity contribution in [2.75, 3.05) is 0 Å². The first-order valence-corrected chi connectivity index (χ1v) is 22.2. The van der Waals surface area contributed by atoms with Crippen LogP contribution in [-0.4, -0.2) is 13.6 Å². The van der Waals surface area contributed by atoms with E-state index in [0.29, 0.717) is 5.92 Å². The van der Waals surface area contributed by atoms with Gasteiger partial charge in [-0.2, -0.15) is 0 Å². The third-order valence-electron chi connectivity index (χ3n) is 6.30. The van der Waals surface area contributed by atoms with Crippen molar-refractivity contribution in [3.8, 4) is 0 Å². The summed E-state index contributed by atoms with van der Waals surface area (Å²) in [5, 5.41) is 1.66. The summed E-state index contributed by atoms with van der Waals surface area (Å²) >= 11 is -2.93. The fourth-order valence-corrected chi connectivity index (χ4v) is 20.7. The number of hydrogen-bond acceptors (Lipinski definition) is 0. The molecule has 0 heterocycles. The van der Waals surface area contributed by atoms with Crippen LogP contribution in [0.15, 0.2) is 58.7 Å². The fraction of sp³-hybridized carbons (Fsp3) is 0.476. The molecule has 0 fully saturated rings. The van der Waals surface area contributed by atoms with E-state index in [1.54, 1.807) is 10.7 Å². The van der Waals surface area contributed by atoms with Crippen molar-refractivity contribution in [1.29, 1.82) is 0 Å². The first kappa shape index (κ1) is 20.0. The molecule has 4 heteroatoms. The van der Waals surface area contributed by atoms with E-state index in [2.05, 4.69) is 77.2 Å². The van der Waals surface area contributed by atoms with Crippen molar-refractivity contribution in [1.82, 2.24) is 0 Å². The molecule has 3 aliphatic rings. The summed E-state index contributed by atoms with van der Waals surface area (Å²) < 4.78 is -0.139. The van der Waals surface area contributed by atoms with Gasteiger partial charge in [0.2, 0.25) is 0 Å². The van der Waals surface area contributed by atoms with Gasteiger partial charge in [0.1, 0.15) is 0 Å². The molecule has 2 unspecified atom stereocenters. The van der Waals surface area contributed by atoms with Crippen LogP contribution >= 0.6 is 17.2 Å². The van der Waals surface area contributed by atoms with Crippen LogP contribution in [0.3, 0.4) is 0 Å². The molecule has 3 aliphatic carbocycles. The Labute approximate surface area is 169 Å². The summed E-state index contributed by atoms with van der Waals surface area (Å²) in [6.45, 7) is 14.3. The predicted octanol–water partition coefficient (Wildman–Crippen LogP) is 6.95. The Morgan fingerprint density at radius 2 is 1.84 bits per heavy atom. The molecule has 0 amide bonds. The van der Waals surface area contributed by atoms with Crippen LogP contribution in [0.5, 0.6) is 0 Å². The van der Waals surface area contributed by atoms with E-state index in [0.717, 1.165) is 6.42 Å². The summed E-state index contributed by atoms with van der Waals surface area (Å²) in [6.07, 6.45) is 14.6. The zero-order valence-electron chi connectivity index (χ0n) is 16.0. The van der Waals surface area contributed by atoms with Crippen LogP contribution in [0.25, 0.3) is 0 Å². The molecular weight excluding hydrogens is 530 g/mol. The Bertz CT molecular complexity index is 789. The summed E-state index contributed by atoms with van der Waals surface area (Å²) in [4.78, 5) is 0. The molecule has 0 N–H and O–H groups in total. The van der Waals surface area contributed by atoms with E-state index in [1.165, 1.54) is 16.7 Å². The molecule has 3 rings (SSSR count). The molecule has 2 atom stereocenters. The minimum atomic E-state index is -2.93. The molecule has 0 saturated carbocycles. The van der Waals surface area contributed by atoms with Gasteiger partial charge >= 0.3 is 170 Å². The molecule has 0 aromatic heterocycles. The van der Waals surface area contributed by atoms with E-state index in [9.17, 15) is 0 Å². The molecule has 0 aromatic carbocycles. The SMILES string of the molecule is CC1=CC=CC2=C(C(=[Si](C)C)C(C)(C)[C]2(C2=CC=CC2)[Hf]([Cl])[Cl])C1C. The Morgan fingerprint density at radius 1 is 1.16 bits per heavy atom. The standard InChI is InChI=1S/C21H27Si.2ClH.Hf/c1-14-10-9-13-17-18(15(14)2)20(22(5)6)21(3,4)19(17)16-11-7-8-12-16;;;/h7-11,13,15H,12H2,1-6H3;2*1H;/q;;;+2/p-2. The maximum atomic E-state index is 7.06. The average molecular weight is 557 g/mol. The van der Waals surface area contributed by atoms with E-state index in [-0.39, 0.29) is 8.59 Å². The van der Waals surface area contributed by atoms with Crippen molar-refractivity contribution >= 4 is 30.7 Å². The summed E-state index contributed by atoms with van der Waals surface area (Å²) in [6, 6.07) is 0. The quantitative estimate of drug-likeness (QED) is 0.323. The van der Waals surface area contributed by atoms with Crippen molar-refractivity contribution in [2.45, 2.75) is 50.4 Å². The van der Waals surface area contributed by atoms with Crippen molar-refractivity contribution in [3.05, 3.63) is 58.7 Å². The molecule has 0 spiro atoms. The normalized spacial score (nSPS) is 30.2. The van der Waals surface area contributed by atoms with Gasteiger partial charge in [-0.1, -0.05) is 0 Å². The van der Waals surface area contributed by atoms with Crippen LogP contribution in [0, 0.1) is 11.3 Å². The van der Waals surface area contributed by atoms with Crippen LogP contribution in [0.1, 0.15) is 34.1 Å². The van der Waals surface area contributed by atoms with Crippen LogP contribution < -0.4 is 0 Å². The molecule has 0 aromatic rings. The van der Waals surface area contributed by atoms with E-state index >= 15 is 0 Å². The Kier molecular flexibility index (Phi) is 5.60. The molecule has 0 aliphatic heterocycles. The van der Waals surface area contributed by atoms with Gasteiger partial charge in [-0.05, 0) is 0 Å². The number of allylic oxidation sites excluding steroid dienone is 10. The van der Waals surface area contributed by atoms with Gasteiger partial charge in [0, 0.05) is 0 Å². The second kappa shape index (κ2) is 7.00. The van der Waals surface area contributed by atoms with E-state index in [4.69, 9.17) is 17.2 Å². The van der Waals surface area contributed by atoms with Gasteiger partial charge in [0.25, 0.3) is 0 Å². The third-order valence-corrected chi connectivity index (χ3v) is 19.2. The van der Waals surface area contributed by atoms with Gasteiger partial charge in [0.15, 0.2) is 0 Å². The van der Waals surface area contributed by atoms with Crippen LogP contribution in [-0.2, 0) is 19.1 Å². The molecule has 0 bridgehead atoms. The van der Waals surface area contributed by atoms with Crippen molar-refractivity contribution in [3.63, 3.8) is 0 Å². The second-order valence-corrected chi connectivity index (χ2v) is 23.0. The molecular formula is C21H27Cl2HfSi. The minimum absolute atomic E-state index is 0.00904. The Balaban J connectivity index is 2.43. The number of halogens is 2. The summed E-state index contributed by atoms with van der Waals surface area (Å²) in [7, 11) is 13.5. The molecule has 25 heavy (non-hydrogen) atoms. The van der Waals surface area contributed by atoms with Crippen LogP contribution in [0.4, 0.5) is 0 Å². The van der Waals surface area contributed by atoms with Gasteiger partial charge in [-0.25, -0.2) is 0 Å². The zero-order chi connectivity index (χ0) is 18.6. The molecule has 0 nitrogen and oxygen atoms in total. The Hall–Kier alpha value is 0.237. The monoisotopic (exact) mass is 557 g/mol. The van der Waals surface area contributed by atoms with E-state index in [1.807, 2.05) is 0 Å². The molecule has 0 radical (unpaired) electrons. The van der Waals surface area contributed by atoms with Crippen LogP contribution in [0.2, 0.25) is 16.3 Å². The van der Waals surface area contributed by atoms with Gasteiger partial charge in [-0.3, -0.25) is 0 Å². The summed E-state index contributed by atoms with van der Waals surface area (Å²) in [5.74, 6) is 0.440. The van der Waals surface area contributed by atoms with Crippen molar-refractivity contribution < 1.29 is 19.1 Å². The predicted molar refractivity (Wildman–Crippen MR) is 112 cm³/mol. The first-order valence-electron chi connectivity index (χ1n) is 8.99. The number of hydrogen-bond donors (Lipinski definition) is 0. The van der Waals surface area contributed by atoms with E-state index < -0.39 is 27.5 Å². The van der Waals surface area contributed by atoms with Crippen molar-refractivity contribution in [2.24, 2.45) is 11.3 Å². The summed E-state index contributed by atoms with van der Waals surface area (Å²) in [5.41, 5.74) is 5.90. The molecule has 0 saturated heterocycles. The topological polar surface area (TPSA) is 0 Å². The van der Waals surface area contributed by atoms with Gasteiger partial charge < -0.3 is 0 Å². The third kappa shape index (κ3) is 2.73. The zero-order valence-corrected chi connectivity index (χ0v) is 22.1. The fourth-order valence-electron chi connectivity index (χ4n) is 5.18. The van der Waals surface area contributed by atoms with Gasteiger partial charge in [-0.15, -0.1) is 0 Å². The average Bonchev–Trinajstić information content (AvgIpc) is 3.06. The van der Waals surface area contributed by atoms with Gasteiger partial charge in [0.05, 0.1) is 0 Å². The molecule has 133 valence electrons. The first-order chi connectivity index (χ1) is 11.7. The number of rotatable bonds is 2.